The molecule has 1 unspecified atom stereocenters. The Morgan fingerprint density at radius 3 is 2.94 bits per heavy atom. The van der Waals surface area contributed by atoms with Crippen molar-refractivity contribution >= 4 is 0 Å². The van der Waals surface area contributed by atoms with Crippen molar-refractivity contribution in [2.24, 2.45) is 5.73 Å². The van der Waals surface area contributed by atoms with Gasteiger partial charge in [-0.25, -0.2) is 9.37 Å². The molecule has 3 nitrogen and oxygen atoms in total. The standard InChI is InChI=1S/C13H16FN3/c1-2-13-16-6-7-17(13)12(9-15)10-4-3-5-11(14)8-10/h3-8,12H,2,9,15H2,1H3. The Bertz CT molecular complexity index is 493. The van der Waals surface area contributed by atoms with Gasteiger partial charge in [0, 0.05) is 25.4 Å². The molecule has 0 amide bonds. The number of nitrogens with zero attached hydrogens (tertiary/aromatic N) is 2. The molecular formula is C13H16FN3. The zero-order chi connectivity index (χ0) is 12.3. The summed E-state index contributed by atoms with van der Waals surface area (Å²) in [5.41, 5.74) is 6.67. The molecule has 0 fully saturated rings. The molecule has 2 aromatic rings. The average Bonchev–Trinajstić information content (AvgIpc) is 2.78. The Balaban J connectivity index is 2.40. The van der Waals surface area contributed by atoms with E-state index in [-0.39, 0.29) is 11.9 Å². The normalized spacial score (nSPS) is 12.6. The van der Waals surface area contributed by atoms with Gasteiger partial charge in [0.2, 0.25) is 0 Å². The summed E-state index contributed by atoms with van der Waals surface area (Å²) >= 11 is 0. The van der Waals surface area contributed by atoms with Crippen molar-refractivity contribution in [3.05, 3.63) is 53.9 Å². The summed E-state index contributed by atoms with van der Waals surface area (Å²) in [4.78, 5) is 4.27. The van der Waals surface area contributed by atoms with E-state index in [4.69, 9.17) is 5.73 Å². The maximum atomic E-state index is 13.2. The van der Waals surface area contributed by atoms with Crippen molar-refractivity contribution in [1.29, 1.82) is 0 Å². The van der Waals surface area contributed by atoms with E-state index in [9.17, 15) is 4.39 Å². The highest BCUT2D eigenvalue weighted by Gasteiger charge is 2.14. The molecule has 0 radical (unpaired) electrons. The van der Waals surface area contributed by atoms with Crippen LogP contribution < -0.4 is 5.73 Å². The molecule has 0 saturated carbocycles. The quantitative estimate of drug-likeness (QED) is 0.879. The van der Waals surface area contributed by atoms with Crippen LogP contribution in [0.3, 0.4) is 0 Å². The van der Waals surface area contributed by atoms with E-state index >= 15 is 0 Å². The zero-order valence-corrected chi connectivity index (χ0v) is 9.81. The van der Waals surface area contributed by atoms with Gasteiger partial charge in [0.05, 0.1) is 6.04 Å². The van der Waals surface area contributed by atoms with Crippen LogP contribution in [0, 0.1) is 5.82 Å². The first-order valence-electron chi connectivity index (χ1n) is 5.73. The summed E-state index contributed by atoms with van der Waals surface area (Å²) in [5.74, 6) is 0.726. The number of aryl methyl sites for hydroxylation is 1. The van der Waals surface area contributed by atoms with E-state index in [1.807, 2.05) is 23.8 Å². The smallest absolute Gasteiger partial charge is 0.123 e. The van der Waals surface area contributed by atoms with Gasteiger partial charge < -0.3 is 10.3 Å². The van der Waals surface area contributed by atoms with Gasteiger partial charge in [0.15, 0.2) is 0 Å². The molecule has 90 valence electrons. The number of halogens is 1. The Kier molecular flexibility index (Phi) is 3.54. The Hall–Kier alpha value is -1.68. The number of imidazole rings is 1. The van der Waals surface area contributed by atoms with Crippen molar-refractivity contribution < 1.29 is 4.39 Å². The van der Waals surface area contributed by atoms with Crippen molar-refractivity contribution in [3.8, 4) is 0 Å². The fourth-order valence-corrected chi connectivity index (χ4v) is 2.03. The number of hydrogen-bond acceptors (Lipinski definition) is 2. The summed E-state index contributed by atoms with van der Waals surface area (Å²) in [7, 11) is 0. The second-order valence-corrected chi connectivity index (χ2v) is 3.91. The van der Waals surface area contributed by atoms with E-state index in [1.54, 1.807) is 12.3 Å². The Labute approximate surface area is 100 Å². The van der Waals surface area contributed by atoms with E-state index in [0.29, 0.717) is 6.54 Å². The van der Waals surface area contributed by atoms with Crippen LogP contribution in [0.4, 0.5) is 4.39 Å². The summed E-state index contributed by atoms with van der Waals surface area (Å²) in [5, 5.41) is 0. The summed E-state index contributed by atoms with van der Waals surface area (Å²) in [6.45, 7) is 2.46. The third-order valence-corrected chi connectivity index (χ3v) is 2.86. The van der Waals surface area contributed by atoms with E-state index in [1.165, 1.54) is 12.1 Å². The molecule has 0 aliphatic carbocycles. The lowest BCUT2D eigenvalue weighted by Crippen LogP contribution is -2.21. The van der Waals surface area contributed by atoms with Crippen LogP contribution in [0.2, 0.25) is 0 Å². The number of benzene rings is 1. The molecule has 1 aromatic heterocycles. The Morgan fingerprint density at radius 2 is 2.29 bits per heavy atom. The van der Waals surface area contributed by atoms with Crippen LogP contribution in [0.25, 0.3) is 0 Å². The van der Waals surface area contributed by atoms with Gasteiger partial charge in [-0.2, -0.15) is 0 Å². The van der Waals surface area contributed by atoms with Crippen LogP contribution in [-0.4, -0.2) is 16.1 Å². The van der Waals surface area contributed by atoms with Gasteiger partial charge in [0.25, 0.3) is 0 Å². The maximum Gasteiger partial charge on any atom is 0.123 e. The predicted octanol–water partition coefficient (Wildman–Crippen LogP) is 2.13. The van der Waals surface area contributed by atoms with E-state index in [0.717, 1.165) is 17.8 Å². The molecule has 0 aliphatic rings. The maximum absolute atomic E-state index is 13.2. The molecule has 1 atom stereocenters. The van der Waals surface area contributed by atoms with Crippen molar-refractivity contribution in [3.63, 3.8) is 0 Å². The first kappa shape index (κ1) is 11.8. The summed E-state index contributed by atoms with van der Waals surface area (Å²) in [6, 6.07) is 6.50. The first-order chi connectivity index (χ1) is 8.26. The van der Waals surface area contributed by atoms with Gasteiger partial charge in [-0.1, -0.05) is 19.1 Å². The predicted molar refractivity (Wildman–Crippen MR) is 65.2 cm³/mol. The lowest BCUT2D eigenvalue weighted by molar-refractivity contribution is 0.559. The fourth-order valence-electron chi connectivity index (χ4n) is 2.03. The largest absolute Gasteiger partial charge is 0.328 e. The van der Waals surface area contributed by atoms with E-state index in [2.05, 4.69) is 4.98 Å². The minimum absolute atomic E-state index is 0.0526. The van der Waals surface area contributed by atoms with Crippen LogP contribution in [0.1, 0.15) is 24.4 Å². The topological polar surface area (TPSA) is 43.8 Å². The lowest BCUT2D eigenvalue weighted by atomic mass is 10.1. The number of rotatable bonds is 4. The second kappa shape index (κ2) is 5.10. The number of nitrogens with two attached hydrogens (primary N) is 1. The molecule has 0 saturated heterocycles. The molecule has 0 bridgehead atoms. The average molecular weight is 233 g/mol. The molecule has 17 heavy (non-hydrogen) atoms. The number of aromatic nitrogens is 2. The molecule has 2 rings (SSSR count). The van der Waals surface area contributed by atoms with Crippen LogP contribution in [-0.2, 0) is 6.42 Å². The summed E-state index contributed by atoms with van der Waals surface area (Å²) < 4.78 is 15.2. The highest BCUT2D eigenvalue weighted by atomic mass is 19.1. The third-order valence-electron chi connectivity index (χ3n) is 2.86. The second-order valence-electron chi connectivity index (χ2n) is 3.91. The monoisotopic (exact) mass is 233 g/mol. The minimum Gasteiger partial charge on any atom is -0.328 e. The summed E-state index contributed by atoms with van der Waals surface area (Å²) in [6.07, 6.45) is 4.47. The zero-order valence-electron chi connectivity index (χ0n) is 9.81. The first-order valence-corrected chi connectivity index (χ1v) is 5.73. The van der Waals surface area contributed by atoms with Crippen molar-refractivity contribution in [2.45, 2.75) is 19.4 Å². The van der Waals surface area contributed by atoms with Gasteiger partial charge in [-0.05, 0) is 17.7 Å². The molecule has 4 heteroatoms. The Morgan fingerprint density at radius 1 is 1.47 bits per heavy atom. The molecule has 2 N–H and O–H groups in total. The third kappa shape index (κ3) is 2.36. The van der Waals surface area contributed by atoms with Gasteiger partial charge in [0.1, 0.15) is 11.6 Å². The van der Waals surface area contributed by atoms with Crippen LogP contribution >= 0.6 is 0 Å². The molecular weight excluding hydrogens is 217 g/mol. The number of hydrogen-bond donors (Lipinski definition) is 1. The minimum atomic E-state index is -0.237. The van der Waals surface area contributed by atoms with Crippen molar-refractivity contribution in [1.82, 2.24) is 9.55 Å². The van der Waals surface area contributed by atoms with E-state index < -0.39 is 0 Å². The molecule has 1 aromatic carbocycles. The molecule has 1 heterocycles. The lowest BCUT2D eigenvalue weighted by Gasteiger charge is -2.19. The molecule has 0 spiro atoms. The SMILES string of the molecule is CCc1nccn1C(CN)c1cccc(F)c1. The van der Waals surface area contributed by atoms with Gasteiger partial charge in [-0.3, -0.25) is 0 Å². The van der Waals surface area contributed by atoms with Crippen LogP contribution in [0.15, 0.2) is 36.7 Å². The van der Waals surface area contributed by atoms with Gasteiger partial charge >= 0.3 is 0 Å². The van der Waals surface area contributed by atoms with Crippen molar-refractivity contribution in [2.75, 3.05) is 6.54 Å². The molecule has 0 aliphatic heterocycles. The highest BCUT2D eigenvalue weighted by molar-refractivity contribution is 5.22. The van der Waals surface area contributed by atoms with Gasteiger partial charge in [-0.15, -0.1) is 0 Å². The fraction of sp³-hybridized carbons (Fsp3) is 0.308. The highest BCUT2D eigenvalue weighted by Crippen LogP contribution is 2.19. The van der Waals surface area contributed by atoms with Crippen LogP contribution in [0.5, 0.6) is 0 Å².